The molecule has 0 spiro atoms. The molecule has 1 aliphatic rings. The minimum atomic E-state index is 0.830. The van der Waals surface area contributed by atoms with Gasteiger partial charge in [-0.25, -0.2) is 0 Å². The molecule has 184 valence electrons. The highest BCUT2D eigenvalue weighted by atomic mass is 32.2. The fourth-order valence-electron chi connectivity index (χ4n) is 4.60. The van der Waals surface area contributed by atoms with Crippen molar-refractivity contribution >= 4 is 17.8 Å². The van der Waals surface area contributed by atoms with E-state index in [0.29, 0.717) is 0 Å². The van der Waals surface area contributed by atoms with Crippen LogP contribution in [0.2, 0.25) is 0 Å². The van der Waals surface area contributed by atoms with E-state index in [1.807, 2.05) is 0 Å². The van der Waals surface area contributed by atoms with Gasteiger partial charge in [-0.3, -0.25) is 4.99 Å². The molecule has 1 fully saturated rings. The number of unbranched alkanes of at least 4 members (excludes halogenated alkanes) is 14. The zero-order chi connectivity index (χ0) is 22.4. The van der Waals surface area contributed by atoms with Gasteiger partial charge in [0.25, 0.3) is 0 Å². The van der Waals surface area contributed by atoms with Crippen molar-refractivity contribution < 1.29 is 0 Å². The van der Waals surface area contributed by atoms with Crippen LogP contribution in [0.25, 0.3) is 0 Å². The molecule has 1 rings (SSSR count). The zero-order valence-electron chi connectivity index (χ0n) is 21.6. The maximum absolute atomic E-state index is 5.01. The number of rotatable bonds is 20. The number of hydrogen-bond donors (Lipinski definition) is 0. The second kappa shape index (κ2) is 21.7. The normalized spacial score (nSPS) is 15.5. The molecule has 0 aromatic carbocycles. The van der Waals surface area contributed by atoms with Gasteiger partial charge in [0.2, 0.25) is 0 Å². The van der Waals surface area contributed by atoms with Crippen molar-refractivity contribution in [2.24, 2.45) is 4.99 Å². The van der Waals surface area contributed by atoms with E-state index in [9.17, 15) is 0 Å². The second-order valence-electron chi connectivity index (χ2n) is 9.85. The molecule has 0 aliphatic heterocycles. The van der Waals surface area contributed by atoms with Crippen molar-refractivity contribution in [3.63, 3.8) is 0 Å². The van der Waals surface area contributed by atoms with Crippen LogP contribution in [-0.4, -0.2) is 28.5 Å². The van der Waals surface area contributed by atoms with Gasteiger partial charge in [-0.1, -0.05) is 123 Å². The molecule has 31 heavy (non-hydrogen) atoms. The molecule has 2 nitrogen and oxygen atoms in total. The zero-order valence-corrected chi connectivity index (χ0v) is 22.5. The molecule has 0 aromatic rings. The Hall–Kier alpha value is -0.180. The van der Waals surface area contributed by atoms with Crippen molar-refractivity contribution in [1.29, 1.82) is 0 Å². The molecule has 0 unspecified atom stereocenters. The Labute approximate surface area is 201 Å². The highest BCUT2D eigenvalue weighted by molar-refractivity contribution is 7.98. The molecular formula is C28H56N2S. The summed E-state index contributed by atoms with van der Waals surface area (Å²) in [5.41, 5.74) is 0. The maximum atomic E-state index is 5.01. The van der Waals surface area contributed by atoms with Gasteiger partial charge in [-0.15, -0.1) is 0 Å². The van der Waals surface area contributed by atoms with Crippen LogP contribution in [0.4, 0.5) is 0 Å². The number of aliphatic imine (C=N–C) groups is 1. The highest BCUT2D eigenvalue weighted by Gasteiger charge is 2.19. The van der Waals surface area contributed by atoms with E-state index in [0.717, 1.165) is 11.8 Å². The number of nitrogens with zero attached hydrogens (tertiary/aromatic N) is 2. The molecule has 0 atom stereocenters. The monoisotopic (exact) mass is 452 g/mol. The summed E-state index contributed by atoms with van der Waals surface area (Å²) < 4.78 is 2.58. The van der Waals surface area contributed by atoms with E-state index in [4.69, 9.17) is 4.99 Å². The van der Waals surface area contributed by atoms with Crippen LogP contribution in [0, 0.1) is 0 Å². The Morgan fingerprint density at radius 1 is 0.677 bits per heavy atom. The molecule has 0 saturated heterocycles. The molecule has 0 heterocycles. The SMILES string of the molecule is CCCCCCCCCCN=C(C)N(CCCCCCCCCC)SC1CCCCC1. The van der Waals surface area contributed by atoms with E-state index in [1.165, 1.54) is 147 Å². The van der Waals surface area contributed by atoms with Crippen molar-refractivity contribution in [1.82, 2.24) is 4.31 Å². The van der Waals surface area contributed by atoms with Gasteiger partial charge in [0.15, 0.2) is 0 Å². The minimum absolute atomic E-state index is 0.830. The molecule has 1 aliphatic carbocycles. The topological polar surface area (TPSA) is 15.6 Å². The first-order chi connectivity index (χ1) is 15.3. The average Bonchev–Trinajstić information content (AvgIpc) is 2.79. The van der Waals surface area contributed by atoms with Crippen LogP contribution >= 0.6 is 11.9 Å². The Balaban J connectivity index is 2.26. The summed E-state index contributed by atoms with van der Waals surface area (Å²) in [5.74, 6) is 1.29. The van der Waals surface area contributed by atoms with Gasteiger partial charge in [-0.05, 0) is 44.6 Å². The van der Waals surface area contributed by atoms with Crippen LogP contribution in [-0.2, 0) is 0 Å². The predicted octanol–water partition coefficient (Wildman–Crippen LogP) is 9.97. The quantitative estimate of drug-likeness (QED) is 0.0790. The first kappa shape index (κ1) is 28.9. The van der Waals surface area contributed by atoms with E-state index in [-0.39, 0.29) is 0 Å². The Bertz CT molecular complexity index is 404. The lowest BCUT2D eigenvalue weighted by molar-refractivity contribution is 0.501. The fraction of sp³-hybridized carbons (Fsp3) is 0.964. The van der Waals surface area contributed by atoms with E-state index < -0.39 is 0 Å². The van der Waals surface area contributed by atoms with Gasteiger partial charge < -0.3 is 4.31 Å². The predicted molar refractivity (Wildman–Crippen MR) is 144 cm³/mol. The molecule has 0 radical (unpaired) electrons. The summed E-state index contributed by atoms with van der Waals surface area (Å²) in [4.78, 5) is 5.01. The third kappa shape index (κ3) is 17.0. The average molecular weight is 453 g/mol. The van der Waals surface area contributed by atoms with E-state index in [2.05, 4.69) is 37.0 Å². The van der Waals surface area contributed by atoms with E-state index >= 15 is 0 Å². The molecular weight excluding hydrogens is 396 g/mol. The van der Waals surface area contributed by atoms with Crippen LogP contribution in [0.15, 0.2) is 4.99 Å². The maximum Gasteiger partial charge on any atom is 0.106 e. The first-order valence-corrected chi connectivity index (χ1v) is 15.1. The van der Waals surface area contributed by atoms with Gasteiger partial charge in [0.05, 0.1) is 0 Å². The third-order valence-corrected chi connectivity index (χ3v) is 8.23. The van der Waals surface area contributed by atoms with Gasteiger partial charge >= 0.3 is 0 Å². The van der Waals surface area contributed by atoms with E-state index in [1.54, 1.807) is 0 Å². The summed E-state index contributed by atoms with van der Waals surface area (Å²) in [6.45, 7) is 9.09. The molecule has 0 amide bonds. The molecule has 0 bridgehead atoms. The number of amidine groups is 1. The summed E-state index contributed by atoms with van der Waals surface area (Å²) in [6.07, 6.45) is 29.4. The highest BCUT2D eigenvalue weighted by Crippen LogP contribution is 2.31. The van der Waals surface area contributed by atoms with Crippen LogP contribution in [0.1, 0.15) is 156 Å². The van der Waals surface area contributed by atoms with Gasteiger partial charge in [-0.2, -0.15) is 0 Å². The smallest absolute Gasteiger partial charge is 0.106 e. The molecule has 0 N–H and O–H groups in total. The minimum Gasteiger partial charge on any atom is -0.304 e. The molecule has 1 saturated carbocycles. The van der Waals surface area contributed by atoms with Gasteiger partial charge in [0.1, 0.15) is 5.84 Å². The third-order valence-electron chi connectivity index (χ3n) is 6.76. The fourth-order valence-corrected chi connectivity index (χ4v) is 5.94. The molecule has 0 aromatic heterocycles. The van der Waals surface area contributed by atoms with Gasteiger partial charge in [0, 0.05) is 18.3 Å². The lowest BCUT2D eigenvalue weighted by Gasteiger charge is -2.30. The van der Waals surface area contributed by atoms with Crippen LogP contribution in [0.3, 0.4) is 0 Å². The summed E-state index contributed by atoms with van der Waals surface area (Å²) >= 11 is 2.13. The first-order valence-electron chi connectivity index (χ1n) is 14.2. The lowest BCUT2D eigenvalue weighted by Crippen LogP contribution is -2.27. The van der Waals surface area contributed by atoms with Crippen molar-refractivity contribution in [3.05, 3.63) is 0 Å². The summed E-state index contributed by atoms with van der Waals surface area (Å²) in [7, 11) is 0. The Morgan fingerprint density at radius 2 is 1.16 bits per heavy atom. The van der Waals surface area contributed by atoms with Crippen molar-refractivity contribution in [2.75, 3.05) is 13.1 Å². The second-order valence-corrected chi connectivity index (χ2v) is 11.2. The van der Waals surface area contributed by atoms with Crippen molar-refractivity contribution in [3.8, 4) is 0 Å². The summed E-state index contributed by atoms with van der Waals surface area (Å²) in [6, 6.07) is 0. The standard InChI is InChI=1S/C28H56N2S/c1-4-6-8-10-12-14-16-21-25-29-27(3)30(31-28-23-19-18-20-24-28)26-22-17-15-13-11-9-7-5-2/h28H,4-26H2,1-3H3. The van der Waals surface area contributed by atoms with Crippen LogP contribution < -0.4 is 0 Å². The lowest BCUT2D eigenvalue weighted by atomic mass is 10.0. The van der Waals surface area contributed by atoms with Crippen LogP contribution in [0.5, 0.6) is 0 Å². The molecule has 3 heteroatoms. The Morgan fingerprint density at radius 3 is 1.71 bits per heavy atom. The Kier molecular flexibility index (Phi) is 20.2. The van der Waals surface area contributed by atoms with Crippen molar-refractivity contribution in [2.45, 2.75) is 161 Å². The number of hydrogen-bond acceptors (Lipinski definition) is 2. The largest absolute Gasteiger partial charge is 0.304 e. The summed E-state index contributed by atoms with van der Waals surface area (Å²) in [5, 5.41) is 0.830.